The van der Waals surface area contributed by atoms with Crippen molar-refractivity contribution in [1.29, 1.82) is 0 Å². The fourth-order valence-electron chi connectivity index (χ4n) is 2.97. The molecule has 0 saturated heterocycles. The van der Waals surface area contributed by atoms with E-state index in [1.165, 1.54) is 0 Å². The summed E-state index contributed by atoms with van der Waals surface area (Å²) in [6.45, 7) is 3.81. The average molecular weight is 379 g/mol. The molecule has 1 atom stereocenters. The van der Waals surface area contributed by atoms with Crippen molar-refractivity contribution in [3.8, 4) is 0 Å². The smallest absolute Gasteiger partial charge is 0.241 e. The van der Waals surface area contributed by atoms with Gasteiger partial charge in [0.05, 0.1) is 12.1 Å². The molecule has 0 bridgehead atoms. The standard InChI is InChI=1S/C23H23ClN2O/c1-16-13-14-20(24)15-21(16)26-23(27)17(2)25-22(18-9-5-3-6-10-18)19-11-7-4-8-12-19/h3-15,17,22,25H,1-2H3,(H,26,27)/t17-/m0/s1. The Kier molecular flexibility index (Phi) is 6.28. The summed E-state index contributed by atoms with van der Waals surface area (Å²) in [6.07, 6.45) is 0. The zero-order valence-corrected chi connectivity index (χ0v) is 16.2. The van der Waals surface area contributed by atoms with Crippen molar-refractivity contribution in [3.63, 3.8) is 0 Å². The van der Waals surface area contributed by atoms with Gasteiger partial charge in [0, 0.05) is 10.7 Å². The lowest BCUT2D eigenvalue weighted by atomic mass is 9.98. The Morgan fingerprint density at radius 1 is 0.889 bits per heavy atom. The maximum absolute atomic E-state index is 12.8. The third-order valence-electron chi connectivity index (χ3n) is 4.53. The van der Waals surface area contributed by atoms with Gasteiger partial charge in [-0.3, -0.25) is 10.1 Å². The predicted molar refractivity (Wildman–Crippen MR) is 112 cm³/mol. The van der Waals surface area contributed by atoms with Crippen molar-refractivity contribution in [1.82, 2.24) is 5.32 Å². The van der Waals surface area contributed by atoms with Gasteiger partial charge in [0.25, 0.3) is 0 Å². The maximum Gasteiger partial charge on any atom is 0.241 e. The molecule has 0 unspecified atom stereocenters. The van der Waals surface area contributed by atoms with Gasteiger partial charge < -0.3 is 5.32 Å². The first-order valence-electron chi connectivity index (χ1n) is 8.97. The monoisotopic (exact) mass is 378 g/mol. The van der Waals surface area contributed by atoms with Crippen molar-refractivity contribution in [2.24, 2.45) is 0 Å². The summed E-state index contributed by atoms with van der Waals surface area (Å²) in [5, 5.41) is 7.03. The minimum atomic E-state index is -0.395. The fourth-order valence-corrected chi connectivity index (χ4v) is 3.14. The molecule has 4 heteroatoms. The number of amides is 1. The van der Waals surface area contributed by atoms with Crippen LogP contribution in [0.25, 0.3) is 0 Å². The van der Waals surface area contributed by atoms with E-state index in [-0.39, 0.29) is 11.9 Å². The van der Waals surface area contributed by atoms with Crippen LogP contribution in [0.15, 0.2) is 78.9 Å². The van der Waals surface area contributed by atoms with Gasteiger partial charge in [0.15, 0.2) is 0 Å². The number of aryl methyl sites for hydroxylation is 1. The number of benzene rings is 3. The molecule has 3 rings (SSSR count). The van der Waals surface area contributed by atoms with E-state index < -0.39 is 6.04 Å². The van der Waals surface area contributed by atoms with Crippen LogP contribution < -0.4 is 10.6 Å². The van der Waals surface area contributed by atoms with Gasteiger partial charge >= 0.3 is 0 Å². The molecule has 0 heterocycles. The molecular weight excluding hydrogens is 356 g/mol. The van der Waals surface area contributed by atoms with Gasteiger partial charge in [-0.05, 0) is 42.7 Å². The number of nitrogens with one attached hydrogen (secondary N) is 2. The van der Waals surface area contributed by atoms with Gasteiger partial charge in [-0.25, -0.2) is 0 Å². The second-order valence-electron chi connectivity index (χ2n) is 6.59. The minimum Gasteiger partial charge on any atom is -0.324 e. The third kappa shape index (κ3) is 4.97. The molecule has 3 nitrogen and oxygen atoms in total. The van der Waals surface area contributed by atoms with Crippen LogP contribution in [0.5, 0.6) is 0 Å². The molecular formula is C23H23ClN2O. The summed E-state index contributed by atoms with van der Waals surface area (Å²) in [6, 6.07) is 25.3. The van der Waals surface area contributed by atoms with Crippen LogP contribution in [0, 0.1) is 6.92 Å². The lowest BCUT2D eigenvalue weighted by molar-refractivity contribution is -0.117. The lowest BCUT2D eigenvalue weighted by Crippen LogP contribution is -2.40. The van der Waals surface area contributed by atoms with Gasteiger partial charge in [-0.1, -0.05) is 78.3 Å². The van der Waals surface area contributed by atoms with Crippen LogP contribution in [0.2, 0.25) is 5.02 Å². The molecule has 0 aliphatic rings. The molecule has 0 aliphatic heterocycles. The highest BCUT2D eigenvalue weighted by Gasteiger charge is 2.21. The Balaban J connectivity index is 1.79. The third-order valence-corrected chi connectivity index (χ3v) is 4.77. The van der Waals surface area contributed by atoms with E-state index in [1.54, 1.807) is 6.07 Å². The quantitative estimate of drug-likeness (QED) is 0.606. The molecule has 0 spiro atoms. The van der Waals surface area contributed by atoms with Crippen LogP contribution in [0.1, 0.15) is 29.7 Å². The molecule has 0 aromatic heterocycles. The van der Waals surface area contributed by atoms with Crippen molar-refractivity contribution in [3.05, 3.63) is 101 Å². The Morgan fingerprint density at radius 3 is 2.00 bits per heavy atom. The van der Waals surface area contributed by atoms with Crippen LogP contribution in [0.3, 0.4) is 0 Å². The Morgan fingerprint density at radius 2 is 1.44 bits per heavy atom. The van der Waals surface area contributed by atoms with Crippen molar-refractivity contribution >= 4 is 23.2 Å². The van der Waals surface area contributed by atoms with E-state index in [2.05, 4.69) is 34.9 Å². The summed E-state index contributed by atoms with van der Waals surface area (Å²) in [7, 11) is 0. The van der Waals surface area contributed by atoms with Gasteiger partial charge in [-0.2, -0.15) is 0 Å². The molecule has 0 saturated carbocycles. The van der Waals surface area contributed by atoms with E-state index in [0.717, 1.165) is 22.4 Å². The number of carbonyl (C=O) groups excluding carboxylic acids is 1. The molecule has 3 aromatic carbocycles. The summed E-state index contributed by atoms with van der Waals surface area (Å²) < 4.78 is 0. The van der Waals surface area contributed by atoms with Crippen LogP contribution in [-0.4, -0.2) is 11.9 Å². The number of rotatable bonds is 6. The summed E-state index contributed by atoms with van der Waals surface area (Å²) in [5.41, 5.74) is 3.93. The number of halogens is 1. The first-order chi connectivity index (χ1) is 13.0. The minimum absolute atomic E-state index is 0.0754. The number of carbonyl (C=O) groups is 1. The molecule has 0 aliphatic carbocycles. The summed E-state index contributed by atoms with van der Waals surface area (Å²) in [5.74, 6) is -0.0998. The Bertz CT molecular complexity index is 857. The summed E-state index contributed by atoms with van der Waals surface area (Å²) in [4.78, 5) is 12.8. The Labute approximate surface area is 165 Å². The van der Waals surface area contributed by atoms with E-state index in [9.17, 15) is 4.79 Å². The first-order valence-corrected chi connectivity index (χ1v) is 9.35. The fraction of sp³-hybridized carbons (Fsp3) is 0.174. The van der Waals surface area contributed by atoms with Crippen molar-refractivity contribution in [2.75, 3.05) is 5.32 Å². The van der Waals surface area contributed by atoms with Gasteiger partial charge in [0.2, 0.25) is 5.91 Å². The predicted octanol–water partition coefficient (Wildman–Crippen LogP) is 5.35. The first kappa shape index (κ1) is 19.2. The van der Waals surface area contributed by atoms with E-state index in [1.807, 2.05) is 62.4 Å². The zero-order valence-electron chi connectivity index (χ0n) is 15.4. The molecule has 0 fully saturated rings. The highest BCUT2D eigenvalue weighted by atomic mass is 35.5. The number of hydrogen-bond donors (Lipinski definition) is 2. The van der Waals surface area contributed by atoms with Crippen LogP contribution >= 0.6 is 11.6 Å². The Hall–Kier alpha value is -2.62. The van der Waals surface area contributed by atoms with Crippen molar-refractivity contribution < 1.29 is 4.79 Å². The van der Waals surface area contributed by atoms with E-state index >= 15 is 0 Å². The molecule has 3 aromatic rings. The highest BCUT2D eigenvalue weighted by molar-refractivity contribution is 6.31. The number of anilines is 1. The van der Waals surface area contributed by atoms with Gasteiger partial charge in [-0.15, -0.1) is 0 Å². The maximum atomic E-state index is 12.8. The topological polar surface area (TPSA) is 41.1 Å². The van der Waals surface area contributed by atoms with E-state index in [0.29, 0.717) is 5.02 Å². The molecule has 138 valence electrons. The largest absolute Gasteiger partial charge is 0.324 e. The zero-order chi connectivity index (χ0) is 19.2. The SMILES string of the molecule is Cc1ccc(Cl)cc1NC(=O)[C@H](C)NC(c1ccccc1)c1ccccc1. The molecule has 0 radical (unpaired) electrons. The molecule has 1 amide bonds. The number of hydrogen-bond acceptors (Lipinski definition) is 2. The van der Waals surface area contributed by atoms with E-state index in [4.69, 9.17) is 11.6 Å². The summed E-state index contributed by atoms with van der Waals surface area (Å²) >= 11 is 6.06. The second kappa shape index (κ2) is 8.85. The second-order valence-corrected chi connectivity index (χ2v) is 7.03. The van der Waals surface area contributed by atoms with Crippen molar-refractivity contribution in [2.45, 2.75) is 25.9 Å². The highest BCUT2D eigenvalue weighted by Crippen LogP contribution is 2.23. The lowest BCUT2D eigenvalue weighted by Gasteiger charge is -2.24. The molecule has 2 N–H and O–H groups in total. The average Bonchev–Trinajstić information content (AvgIpc) is 2.70. The normalized spacial score (nSPS) is 12.0. The van der Waals surface area contributed by atoms with Crippen LogP contribution in [-0.2, 0) is 4.79 Å². The molecule has 27 heavy (non-hydrogen) atoms. The van der Waals surface area contributed by atoms with Gasteiger partial charge in [0.1, 0.15) is 0 Å². The van der Waals surface area contributed by atoms with Crippen LogP contribution in [0.4, 0.5) is 5.69 Å².